The number of hydrogen-bond donors (Lipinski definition) is 2. The van der Waals surface area contributed by atoms with Gasteiger partial charge in [-0.15, -0.1) is 11.3 Å². The molecule has 3 aromatic carbocycles. The van der Waals surface area contributed by atoms with Crippen LogP contribution in [0.2, 0.25) is 5.02 Å². The number of sulfone groups is 1. The third-order valence-electron chi connectivity index (χ3n) is 5.46. The Morgan fingerprint density at radius 1 is 1.06 bits per heavy atom. The molecule has 4 aromatic rings. The number of hydrogen-bond acceptors (Lipinski definition) is 9. The molecule has 8 nitrogen and oxygen atoms in total. The van der Waals surface area contributed by atoms with Crippen LogP contribution < -0.4 is 25.3 Å². The van der Waals surface area contributed by atoms with E-state index in [1.54, 1.807) is 42.5 Å². The summed E-state index contributed by atoms with van der Waals surface area (Å²) >= 11 is 7.06. The van der Waals surface area contributed by atoms with Gasteiger partial charge in [0.25, 0.3) is 0 Å². The number of fused-ring (bicyclic) bond motifs is 1. The fraction of sp³-hybridized carbons (Fsp3) is 0.0800. The van der Waals surface area contributed by atoms with Crippen LogP contribution in [-0.4, -0.2) is 28.1 Å². The number of nitrogen functional groups attached to an aromatic ring is 1. The standard InChI is InChI=1S/C25H19ClN2O6S2/c1-32-17-6-8-18(9-7-17)36(30,31)24-21(27)23(35-25(24)28-16-4-2-3-15(26)12-16)22(29)14-5-10-19-20(11-14)34-13-33-19/h2-12,28H,13,27H2,1H3. The first-order valence-corrected chi connectivity index (χ1v) is 13.2. The van der Waals surface area contributed by atoms with E-state index < -0.39 is 15.6 Å². The molecule has 0 atom stereocenters. The van der Waals surface area contributed by atoms with E-state index in [1.165, 1.54) is 31.4 Å². The number of nitrogens with one attached hydrogen (secondary N) is 1. The molecule has 1 aromatic heterocycles. The molecular weight excluding hydrogens is 524 g/mol. The second-order valence-electron chi connectivity index (χ2n) is 7.71. The molecule has 0 spiro atoms. The molecule has 1 aliphatic heterocycles. The Morgan fingerprint density at radius 2 is 1.81 bits per heavy atom. The summed E-state index contributed by atoms with van der Waals surface area (Å²) in [5.74, 6) is 1.01. The molecule has 5 rings (SSSR count). The molecule has 184 valence electrons. The quantitative estimate of drug-likeness (QED) is 0.293. The summed E-state index contributed by atoms with van der Waals surface area (Å²) in [6.07, 6.45) is 0. The fourth-order valence-corrected chi connectivity index (χ4v) is 6.81. The summed E-state index contributed by atoms with van der Waals surface area (Å²) in [7, 11) is -2.63. The van der Waals surface area contributed by atoms with Gasteiger partial charge in [0.1, 0.15) is 20.5 Å². The molecule has 0 bridgehead atoms. The van der Waals surface area contributed by atoms with Crippen LogP contribution >= 0.6 is 22.9 Å². The number of ketones is 1. The van der Waals surface area contributed by atoms with Crippen LogP contribution in [0, 0.1) is 0 Å². The smallest absolute Gasteiger partial charge is 0.231 e. The van der Waals surface area contributed by atoms with Gasteiger partial charge in [-0.25, -0.2) is 8.42 Å². The van der Waals surface area contributed by atoms with E-state index >= 15 is 0 Å². The number of carbonyl (C=O) groups is 1. The molecule has 3 N–H and O–H groups in total. The van der Waals surface area contributed by atoms with Gasteiger partial charge in [0, 0.05) is 16.3 Å². The third kappa shape index (κ3) is 4.34. The van der Waals surface area contributed by atoms with Crippen LogP contribution in [0.5, 0.6) is 17.2 Å². The normalized spacial score (nSPS) is 12.4. The molecule has 0 radical (unpaired) electrons. The SMILES string of the molecule is COc1ccc(S(=O)(=O)c2c(Nc3cccc(Cl)c3)sc(C(=O)c3ccc4c(c3)OCO4)c2N)cc1. The van der Waals surface area contributed by atoms with Crippen LogP contribution in [-0.2, 0) is 9.84 Å². The van der Waals surface area contributed by atoms with Crippen LogP contribution in [0.15, 0.2) is 76.5 Å². The lowest BCUT2D eigenvalue weighted by molar-refractivity contribution is 0.104. The van der Waals surface area contributed by atoms with Gasteiger partial charge in [-0.1, -0.05) is 17.7 Å². The first-order chi connectivity index (χ1) is 17.3. The van der Waals surface area contributed by atoms with E-state index in [9.17, 15) is 13.2 Å². The molecule has 0 unspecified atom stereocenters. The summed E-state index contributed by atoms with van der Waals surface area (Å²) in [6.45, 7) is 0.0616. The van der Waals surface area contributed by atoms with Crippen molar-refractivity contribution in [1.82, 2.24) is 0 Å². The average molecular weight is 543 g/mol. The highest BCUT2D eigenvalue weighted by molar-refractivity contribution is 7.92. The van der Waals surface area contributed by atoms with Crippen LogP contribution in [0.1, 0.15) is 15.2 Å². The fourth-order valence-electron chi connectivity index (χ4n) is 3.69. The van der Waals surface area contributed by atoms with Crippen molar-refractivity contribution >= 4 is 54.9 Å². The van der Waals surface area contributed by atoms with E-state index in [0.717, 1.165) is 11.3 Å². The van der Waals surface area contributed by atoms with Gasteiger partial charge < -0.3 is 25.3 Å². The van der Waals surface area contributed by atoms with Crippen molar-refractivity contribution in [2.45, 2.75) is 9.79 Å². The first kappa shape index (κ1) is 24.0. The maximum Gasteiger partial charge on any atom is 0.231 e. The van der Waals surface area contributed by atoms with Crippen molar-refractivity contribution in [2.24, 2.45) is 0 Å². The molecule has 36 heavy (non-hydrogen) atoms. The zero-order valence-corrected chi connectivity index (χ0v) is 21.2. The number of carbonyl (C=O) groups excluding carboxylic acids is 1. The Hall–Kier alpha value is -3.73. The van der Waals surface area contributed by atoms with Crippen molar-refractivity contribution in [3.63, 3.8) is 0 Å². The monoisotopic (exact) mass is 542 g/mol. The van der Waals surface area contributed by atoms with Crippen molar-refractivity contribution in [1.29, 1.82) is 0 Å². The minimum absolute atomic E-state index is 0.00372. The summed E-state index contributed by atoms with van der Waals surface area (Å²) < 4.78 is 43.3. The summed E-state index contributed by atoms with van der Waals surface area (Å²) in [4.78, 5) is 13.3. The number of halogens is 1. The highest BCUT2D eigenvalue weighted by atomic mass is 35.5. The molecule has 1 aliphatic rings. The predicted molar refractivity (Wildman–Crippen MR) is 138 cm³/mol. The van der Waals surface area contributed by atoms with Crippen LogP contribution in [0.25, 0.3) is 0 Å². The number of benzene rings is 3. The minimum Gasteiger partial charge on any atom is -0.497 e. The lowest BCUT2D eigenvalue weighted by atomic mass is 10.1. The summed E-state index contributed by atoms with van der Waals surface area (Å²) in [5.41, 5.74) is 7.06. The van der Waals surface area contributed by atoms with Crippen molar-refractivity contribution in [3.05, 3.63) is 82.2 Å². The zero-order valence-electron chi connectivity index (χ0n) is 18.8. The van der Waals surface area contributed by atoms with Gasteiger partial charge in [-0.2, -0.15) is 0 Å². The van der Waals surface area contributed by atoms with Gasteiger partial charge in [0.05, 0.1) is 17.7 Å². The molecule has 0 amide bonds. The summed E-state index contributed by atoms with van der Waals surface area (Å²) in [5, 5.41) is 3.72. The van der Waals surface area contributed by atoms with Gasteiger partial charge in [-0.05, 0) is 60.7 Å². The van der Waals surface area contributed by atoms with Gasteiger partial charge >= 0.3 is 0 Å². The number of anilines is 3. The molecule has 0 saturated carbocycles. The minimum atomic E-state index is -4.12. The highest BCUT2D eigenvalue weighted by Gasteiger charge is 2.32. The number of rotatable bonds is 7. The van der Waals surface area contributed by atoms with Gasteiger partial charge in [0.2, 0.25) is 22.4 Å². The molecule has 0 fully saturated rings. The van der Waals surface area contributed by atoms with Gasteiger partial charge in [-0.3, -0.25) is 4.79 Å². The molecular formula is C25H19ClN2O6S2. The highest BCUT2D eigenvalue weighted by Crippen LogP contribution is 2.45. The molecule has 2 heterocycles. The molecule has 0 saturated heterocycles. The second kappa shape index (κ2) is 9.38. The van der Waals surface area contributed by atoms with Crippen molar-refractivity contribution in [2.75, 3.05) is 25.0 Å². The summed E-state index contributed by atoms with van der Waals surface area (Å²) in [6, 6.07) is 17.5. The van der Waals surface area contributed by atoms with Crippen molar-refractivity contribution < 1.29 is 27.4 Å². The van der Waals surface area contributed by atoms with E-state index in [0.29, 0.717) is 28.0 Å². The Morgan fingerprint density at radius 3 is 2.53 bits per heavy atom. The van der Waals surface area contributed by atoms with Crippen molar-refractivity contribution in [3.8, 4) is 17.2 Å². The predicted octanol–water partition coefficient (Wildman–Crippen LogP) is 5.53. The lowest BCUT2D eigenvalue weighted by Gasteiger charge is -2.10. The molecule has 0 aliphatic carbocycles. The Balaban J connectivity index is 1.63. The topological polar surface area (TPSA) is 117 Å². The number of nitrogens with two attached hydrogens (primary N) is 1. The maximum atomic E-state index is 13.7. The average Bonchev–Trinajstić information content (AvgIpc) is 3.47. The maximum absolute atomic E-state index is 13.7. The number of methoxy groups -OCH3 is 1. The number of thiophene rings is 1. The van der Waals surface area contributed by atoms with E-state index in [4.69, 9.17) is 31.5 Å². The van der Waals surface area contributed by atoms with Crippen LogP contribution in [0.3, 0.4) is 0 Å². The lowest BCUT2D eigenvalue weighted by Crippen LogP contribution is -2.08. The second-order valence-corrected chi connectivity index (χ2v) is 11.1. The Kier molecular flexibility index (Phi) is 6.25. The van der Waals surface area contributed by atoms with E-state index in [-0.39, 0.29) is 37.7 Å². The Bertz CT molecular complexity index is 1580. The van der Waals surface area contributed by atoms with Crippen LogP contribution in [0.4, 0.5) is 16.4 Å². The first-order valence-electron chi connectivity index (χ1n) is 10.6. The number of ether oxygens (including phenoxy) is 3. The van der Waals surface area contributed by atoms with E-state index in [2.05, 4.69) is 5.32 Å². The largest absolute Gasteiger partial charge is 0.497 e. The third-order valence-corrected chi connectivity index (χ3v) is 8.80. The Labute approximate surface area is 216 Å². The zero-order chi connectivity index (χ0) is 25.4. The molecule has 11 heteroatoms. The van der Waals surface area contributed by atoms with Gasteiger partial charge in [0.15, 0.2) is 11.5 Å². The van der Waals surface area contributed by atoms with E-state index in [1.807, 2.05) is 0 Å².